The van der Waals surface area contributed by atoms with Crippen LogP contribution in [0.1, 0.15) is 42.0 Å². The summed E-state index contributed by atoms with van der Waals surface area (Å²) in [6.45, 7) is 6.81. The number of nitriles is 1. The Morgan fingerprint density at radius 2 is 1.96 bits per heavy atom. The first-order valence-corrected chi connectivity index (χ1v) is 7.89. The summed E-state index contributed by atoms with van der Waals surface area (Å²) in [7, 11) is 1.43. The van der Waals surface area contributed by atoms with Crippen molar-refractivity contribution in [3.8, 4) is 11.8 Å². The molecule has 0 heterocycles. The molecule has 0 amide bonds. The molecule has 0 aliphatic rings. The van der Waals surface area contributed by atoms with E-state index in [1.165, 1.54) is 18.2 Å². The van der Waals surface area contributed by atoms with Crippen LogP contribution in [0.5, 0.6) is 5.75 Å². The van der Waals surface area contributed by atoms with Crippen molar-refractivity contribution in [1.82, 2.24) is 0 Å². The SMILES string of the molecule is CO/N=C(/C#N)c1ccccc1COc1ccc(C(C)C)c(C)c1. The summed E-state index contributed by atoms with van der Waals surface area (Å²) in [4.78, 5) is 4.74. The number of benzene rings is 2. The first-order valence-electron chi connectivity index (χ1n) is 7.89. The van der Waals surface area contributed by atoms with Gasteiger partial charge < -0.3 is 9.57 Å². The molecule has 24 heavy (non-hydrogen) atoms. The predicted molar refractivity (Wildman–Crippen MR) is 95.2 cm³/mol. The largest absolute Gasteiger partial charge is 0.489 e. The first-order chi connectivity index (χ1) is 11.6. The fourth-order valence-electron chi connectivity index (χ4n) is 2.65. The van der Waals surface area contributed by atoms with Gasteiger partial charge in [-0.25, -0.2) is 0 Å². The minimum absolute atomic E-state index is 0.239. The second kappa shape index (κ2) is 8.16. The van der Waals surface area contributed by atoms with E-state index in [4.69, 9.17) is 9.57 Å². The predicted octanol–water partition coefficient (Wildman–Crippen LogP) is 4.57. The van der Waals surface area contributed by atoms with Gasteiger partial charge in [0.1, 0.15) is 25.5 Å². The Balaban J connectivity index is 2.20. The maximum absolute atomic E-state index is 9.24. The van der Waals surface area contributed by atoms with Gasteiger partial charge in [0.05, 0.1) is 0 Å². The standard InChI is InChI=1S/C20H22N2O2/c1-14(2)18-10-9-17(11-15(18)3)24-13-16-7-5-6-8-19(16)20(12-21)22-23-4/h5-11,14H,13H2,1-4H3/b22-20-. The van der Waals surface area contributed by atoms with Gasteiger partial charge in [-0.15, -0.1) is 0 Å². The third-order valence-corrected chi connectivity index (χ3v) is 3.82. The zero-order valence-electron chi connectivity index (χ0n) is 14.5. The van der Waals surface area contributed by atoms with Gasteiger partial charge in [-0.05, 0) is 41.7 Å². The van der Waals surface area contributed by atoms with Gasteiger partial charge in [0.25, 0.3) is 0 Å². The monoisotopic (exact) mass is 322 g/mol. The molecule has 2 aromatic carbocycles. The van der Waals surface area contributed by atoms with Crippen molar-refractivity contribution in [2.24, 2.45) is 5.16 Å². The van der Waals surface area contributed by atoms with Crippen LogP contribution >= 0.6 is 0 Å². The van der Waals surface area contributed by atoms with E-state index in [1.807, 2.05) is 36.4 Å². The van der Waals surface area contributed by atoms with Crippen molar-refractivity contribution in [2.45, 2.75) is 33.3 Å². The lowest BCUT2D eigenvalue weighted by molar-refractivity contribution is 0.214. The fourth-order valence-corrected chi connectivity index (χ4v) is 2.65. The lowest BCUT2D eigenvalue weighted by Crippen LogP contribution is -2.06. The van der Waals surface area contributed by atoms with Crippen LogP contribution in [0.2, 0.25) is 0 Å². The molecule has 0 N–H and O–H groups in total. The highest BCUT2D eigenvalue weighted by Crippen LogP contribution is 2.24. The molecule has 2 rings (SSSR count). The second-order valence-electron chi connectivity index (χ2n) is 5.85. The molecule has 0 aliphatic carbocycles. The summed E-state index contributed by atoms with van der Waals surface area (Å²) in [6, 6.07) is 15.7. The minimum atomic E-state index is 0.239. The van der Waals surface area contributed by atoms with Gasteiger partial charge in [0, 0.05) is 5.56 Å². The number of aryl methyl sites for hydroxylation is 1. The first kappa shape index (κ1) is 17.6. The van der Waals surface area contributed by atoms with Crippen molar-refractivity contribution in [1.29, 1.82) is 5.26 Å². The van der Waals surface area contributed by atoms with Gasteiger partial charge in [0.2, 0.25) is 0 Å². The van der Waals surface area contributed by atoms with E-state index in [2.05, 4.69) is 38.1 Å². The van der Waals surface area contributed by atoms with Gasteiger partial charge in [-0.3, -0.25) is 0 Å². The second-order valence-corrected chi connectivity index (χ2v) is 5.85. The van der Waals surface area contributed by atoms with E-state index in [-0.39, 0.29) is 5.71 Å². The number of ether oxygens (including phenoxy) is 1. The van der Waals surface area contributed by atoms with E-state index >= 15 is 0 Å². The average molecular weight is 322 g/mol. The van der Waals surface area contributed by atoms with Crippen LogP contribution in [0.25, 0.3) is 0 Å². The molecular weight excluding hydrogens is 300 g/mol. The molecule has 0 saturated heterocycles. The lowest BCUT2D eigenvalue weighted by atomic mass is 9.98. The smallest absolute Gasteiger partial charge is 0.187 e. The Labute approximate surface area is 143 Å². The van der Waals surface area contributed by atoms with Gasteiger partial charge in [-0.2, -0.15) is 5.26 Å². The van der Waals surface area contributed by atoms with Crippen LogP contribution in [0.4, 0.5) is 0 Å². The Kier molecular flexibility index (Phi) is 5.97. The van der Waals surface area contributed by atoms with Crippen LogP contribution in [-0.4, -0.2) is 12.8 Å². The molecule has 0 fully saturated rings. The summed E-state index contributed by atoms with van der Waals surface area (Å²) in [5.41, 5.74) is 4.39. The highest BCUT2D eigenvalue weighted by Gasteiger charge is 2.11. The molecule has 0 radical (unpaired) electrons. The van der Waals surface area contributed by atoms with Crippen LogP contribution in [0, 0.1) is 18.3 Å². The third kappa shape index (κ3) is 4.14. The van der Waals surface area contributed by atoms with E-state index in [9.17, 15) is 5.26 Å². The molecule has 0 bridgehead atoms. The normalized spacial score (nSPS) is 11.2. The van der Waals surface area contributed by atoms with Crippen LogP contribution in [0.3, 0.4) is 0 Å². The molecule has 0 aromatic heterocycles. The molecule has 4 nitrogen and oxygen atoms in total. The topological polar surface area (TPSA) is 54.6 Å². The third-order valence-electron chi connectivity index (χ3n) is 3.82. The quantitative estimate of drug-likeness (QED) is 0.578. The van der Waals surface area contributed by atoms with Gasteiger partial charge >= 0.3 is 0 Å². The van der Waals surface area contributed by atoms with Gasteiger partial charge in [-0.1, -0.05) is 49.3 Å². The van der Waals surface area contributed by atoms with Crippen LogP contribution in [0.15, 0.2) is 47.6 Å². The highest BCUT2D eigenvalue weighted by atomic mass is 16.6. The Bertz CT molecular complexity index is 773. The molecule has 0 saturated carbocycles. The van der Waals surface area contributed by atoms with E-state index in [0.29, 0.717) is 12.5 Å². The Hall–Kier alpha value is -2.80. The van der Waals surface area contributed by atoms with Crippen molar-refractivity contribution in [2.75, 3.05) is 7.11 Å². The maximum atomic E-state index is 9.24. The van der Waals surface area contributed by atoms with E-state index in [0.717, 1.165) is 16.9 Å². The van der Waals surface area contributed by atoms with Crippen molar-refractivity contribution >= 4 is 5.71 Å². The number of hydrogen-bond donors (Lipinski definition) is 0. The molecule has 0 unspecified atom stereocenters. The zero-order chi connectivity index (χ0) is 17.5. The van der Waals surface area contributed by atoms with Crippen LogP contribution in [-0.2, 0) is 11.4 Å². The molecule has 2 aromatic rings. The van der Waals surface area contributed by atoms with Crippen molar-refractivity contribution in [3.63, 3.8) is 0 Å². The minimum Gasteiger partial charge on any atom is -0.489 e. The van der Waals surface area contributed by atoms with Crippen molar-refractivity contribution in [3.05, 3.63) is 64.7 Å². The van der Waals surface area contributed by atoms with Crippen LogP contribution < -0.4 is 4.74 Å². The zero-order valence-corrected chi connectivity index (χ0v) is 14.5. The Morgan fingerprint density at radius 3 is 2.58 bits per heavy atom. The van der Waals surface area contributed by atoms with Crippen molar-refractivity contribution < 1.29 is 9.57 Å². The molecule has 124 valence electrons. The number of hydrogen-bond acceptors (Lipinski definition) is 4. The van der Waals surface area contributed by atoms with Gasteiger partial charge in [0.15, 0.2) is 5.71 Å². The highest BCUT2D eigenvalue weighted by molar-refractivity contribution is 6.12. The average Bonchev–Trinajstić information content (AvgIpc) is 2.58. The molecule has 0 spiro atoms. The maximum Gasteiger partial charge on any atom is 0.187 e. The molecule has 0 aliphatic heterocycles. The molecular formula is C20H22N2O2. The summed E-state index contributed by atoms with van der Waals surface area (Å²) < 4.78 is 5.92. The molecule has 0 atom stereocenters. The van der Waals surface area contributed by atoms with E-state index < -0.39 is 0 Å². The fraction of sp³-hybridized carbons (Fsp3) is 0.300. The summed E-state index contributed by atoms with van der Waals surface area (Å²) >= 11 is 0. The Morgan fingerprint density at radius 1 is 1.21 bits per heavy atom. The number of oxime groups is 1. The lowest BCUT2D eigenvalue weighted by Gasteiger charge is -2.13. The summed E-state index contributed by atoms with van der Waals surface area (Å²) in [6.07, 6.45) is 0. The summed E-state index contributed by atoms with van der Waals surface area (Å²) in [5, 5.41) is 13.0. The number of nitrogens with zero attached hydrogens (tertiary/aromatic N) is 2. The number of rotatable bonds is 6. The molecule has 4 heteroatoms. The summed E-state index contributed by atoms with van der Waals surface area (Å²) in [5.74, 6) is 1.30. The van der Waals surface area contributed by atoms with E-state index in [1.54, 1.807) is 0 Å².